The van der Waals surface area contributed by atoms with Gasteiger partial charge in [-0.15, -0.1) is 0 Å². The van der Waals surface area contributed by atoms with E-state index in [4.69, 9.17) is 0 Å². The van der Waals surface area contributed by atoms with E-state index in [-0.39, 0.29) is 5.66 Å². The van der Waals surface area contributed by atoms with Crippen LogP contribution in [-0.4, -0.2) is 10.6 Å². The van der Waals surface area contributed by atoms with E-state index in [1.54, 1.807) is 12.1 Å². The predicted octanol–water partition coefficient (Wildman–Crippen LogP) is 3.94. The van der Waals surface area contributed by atoms with Gasteiger partial charge in [-0.1, -0.05) is 51.3 Å². The summed E-state index contributed by atoms with van der Waals surface area (Å²) in [5.41, 5.74) is -0.0866. The van der Waals surface area contributed by atoms with Crippen molar-refractivity contribution in [2.45, 2.75) is 51.6 Å². The molecule has 0 saturated heterocycles. The molecule has 17 heavy (non-hydrogen) atoms. The van der Waals surface area contributed by atoms with Crippen LogP contribution in [-0.2, 0) is 4.57 Å². The molecule has 1 rings (SSSR count). The van der Waals surface area contributed by atoms with Gasteiger partial charge in [-0.25, -0.2) is 0 Å². The highest BCUT2D eigenvalue weighted by molar-refractivity contribution is 7.66. The van der Waals surface area contributed by atoms with Crippen LogP contribution in [0.5, 0.6) is 0 Å². The Morgan fingerprint density at radius 1 is 1.18 bits per heavy atom. The first kappa shape index (κ1) is 14.5. The van der Waals surface area contributed by atoms with E-state index >= 15 is 0 Å². The Balaban J connectivity index is 2.76. The predicted molar refractivity (Wildman–Crippen MR) is 74.1 cm³/mol. The van der Waals surface area contributed by atoms with Gasteiger partial charge in [0.05, 0.1) is 0 Å². The number of hydrogen-bond acceptors (Lipinski definition) is 1. The third-order valence-electron chi connectivity index (χ3n) is 3.23. The fraction of sp³-hybridized carbons (Fsp3) is 0.571. The lowest BCUT2D eigenvalue weighted by Crippen LogP contribution is -2.16. The zero-order valence-corrected chi connectivity index (χ0v) is 11.7. The zero-order valence-electron chi connectivity index (χ0n) is 10.8. The van der Waals surface area contributed by atoms with E-state index in [0.717, 1.165) is 32.1 Å². The van der Waals surface area contributed by atoms with Gasteiger partial charge in [-0.3, -0.25) is 4.57 Å². The van der Waals surface area contributed by atoms with Crippen LogP contribution in [0.1, 0.15) is 46.0 Å². The van der Waals surface area contributed by atoms with Crippen LogP contribution in [0.2, 0.25) is 0 Å². The van der Waals surface area contributed by atoms with Gasteiger partial charge in [0.15, 0.2) is 0 Å². The Hall–Kier alpha value is -0.590. The van der Waals surface area contributed by atoms with E-state index in [1.165, 1.54) is 0 Å². The van der Waals surface area contributed by atoms with Crippen molar-refractivity contribution in [2.24, 2.45) is 0 Å². The molecule has 1 aromatic carbocycles. The fourth-order valence-corrected chi connectivity index (χ4v) is 4.16. The molecular weight excluding hydrogens is 231 g/mol. The molecule has 0 radical (unpaired) electrons. The molecule has 1 aromatic rings. The van der Waals surface area contributed by atoms with Gasteiger partial charge in [-0.05, 0) is 25.0 Å². The highest BCUT2D eigenvalue weighted by Gasteiger charge is 2.30. The Morgan fingerprint density at radius 3 is 2.35 bits per heavy atom. The smallest absolute Gasteiger partial charge is 0.232 e. The molecule has 2 unspecified atom stereocenters. The molecule has 0 aliphatic heterocycles. The molecule has 0 aromatic heterocycles. The average molecular weight is 254 g/mol. The minimum absolute atomic E-state index is 0.0866. The average Bonchev–Trinajstić information content (AvgIpc) is 2.35. The second-order valence-electron chi connectivity index (χ2n) is 4.52. The van der Waals surface area contributed by atoms with Crippen molar-refractivity contribution in [3.8, 4) is 0 Å². The van der Waals surface area contributed by atoms with Crippen molar-refractivity contribution in [1.29, 1.82) is 0 Å². The van der Waals surface area contributed by atoms with Gasteiger partial charge >= 0.3 is 0 Å². The van der Waals surface area contributed by atoms with Crippen molar-refractivity contribution < 1.29 is 9.46 Å². The zero-order chi connectivity index (χ0) is 12.7. The van der Waals surface area contributed by atoms with Gasteiger partial charge in [0, 0.05) is 11.0 Å². The monoisotopic (exact) mass is 254 g/mol. The van der Waals surface area contributed by atoms with Crippen molar-refractivity contribution in [3.63, 3.8) is 0 Å². The van der Waals surface area contributed by atoms with E-state index in [1.807, 2.05) is 25.1 Å². The van der Waals surface area contributed by atoms with Crippen LogP contribution in [0.25, 0.3) is 0 Å². The maximum absolute atomic E-state index is 12.5. The third-order valence-corrected chi connectivity index (χ3v) is 5.88. The molecule has 0 fully saturated rings. The van der Waals surface area contributed by atoms with Crippen LogP contribution in [0, 0.1) is 0 Å². The van der Waals surface area contributed by atoms with Crippen molar-refractivity contribution in [1.82, 2.24) is 0 Å². The van der Waals surface area contributed by atoms with Gasteiger partial charge in [0.25, 0.3) is 0 Å². The summed E-state index contributed by atoms with van der Waals surface area (Å²) in [4.78, 5) is 10.3. The topological polar surface area (TPSA) is 37.3 Å². The molecule has 96 valence electrons. The molecule has 0 bridgehead atoms. The molecule has 2 atom stereocenters. The van der Waals surface area contributed by atoms with Crippen molar-refractivity contribution >= 4 is 12.7 Å². The van der Waals surface area contributed by atoms with Crippen molar-refractivity contribution in [2.75, 3.05) is 0 Å². The lowest BCUT2D eigenvalue weighted by atomic mass is 10.1. The number of rotatable bonds is 7. The van der Waals surface area contributed by atoms with Gasteiger partial charge in [-0.2, -0.15) is 0 Å². The first-order valence-corrected chi connectivity index (χ1v) is 8.23. The Labute approximate surface area is 105 Å². The maximum atomic E-state index is 12.5. The lowest BCUT2D eigenvalue weighted by Gasteiger charge is -2.22. The molecule has 0 aliphatic carbocycles. The molecule has 3 heteroatoms. The quantitative estimate of drug-likeness (QED) is 0.591. The van der Waals surface area contributed by atoms with Gasteiger partial charge in [0.1, 0.15) is 0 Å². The van der Waals surface area contributed by atoms with Crippen LogP contribution in [0.15, 0.2) is 30.3 Å². The Morgan fingerprint density at radius 2 is 1.82 bits per heavy atom. The molecule has 0 saturated carbocycles. The molecule has 2 nitrogen and oxygen atoms in total. The standard InChI is InChI=1S/C14H23O2P/c1-3-5-7-10-13(4-2)17(15,16)14-11-8-6-9-12-14/h6,8-9,11-13H,3-5,7,10H2,1-2H3,(H,15,16). The summed E-state index contributed by atoms with van der Waals surface area (Å²) in [5.74, 6) is 0. The lowest BCUT2D eigenvalue weighted by molar-refractivity contribution is 0.461. The Kier molecular flexibility index (Phi) is 5.94. The number of hydrogen-bond donors (Lipinski definition) is 1. The van der Waals surface area contributed by atoms with Crippen LogP contribution < -0.4 is 5.30 Å². The molecule has 1 N–H and O–H groups in total. The highest BCUT2D eigenvalue weighted by Crippen LogP contribution is 2.48. The summed E-state index contributed by atoms with van der Waals surface area (Å²) in [6, 6.07) is 9.07. The number of unbranched alkanes of at least 4 members (excludes halogenated alkanes) is 2. The second kappa shape index (κ2) is 6.98. The maximum Gasteiger partial charge on any atom is 0.232 e. The molecule has 0 amide bonds. The molecular formula is C14H23O2P. The van der Waals surface area contributed by atoms with E-state index in [9.17, 15) is 9.46 Å². The summed E-state index contributed by atoms with van der Waals surface area (Å²) >= 11 is 0. The fourth-order valence-electron chi connectivity index (χ4n) is 2.11. The van der Waals surface area contributed by atoms with Crippen LogP contribution in [0.3, 0.4) is 0 Å². The Bertz CT molecular complexity index is 362. The molecule has 0 aliphatic rings. The SMILES string of the molecule is CCCCCC(CC)P(=O)(O)c1ccccc1. The van der Waals surface area contributed by atoms with Crippen LogP contribution >= 0.6 is 7.37 Å². The van der Waals surface area contributed by atoms with E-state index < -0.39 is 7.37 Å². The first-order valence-electron chi connectivity index (χ1n) is 6.51. The summed E-state index contributed by atoms with van der Waals surface area (Å²) in [5, 5.41) is 0.600. The third kappa shape index (κ3) is 3.97. The molecule has 0 heterocycles. The summed E-state index contributed by atoms with van der Waals surface area (Å²) in [6.07, 6.45) is 4.97. The van der Waals surface area contributed by atoms with Gasteiger partial charge in [0.2, 0.25) is 7.37 Å². The molecule has 0 spiro atoms. The summed E-state index contributed by atoms with van der Waals surface area (Å²) in [6.45, 7) is 4.15. The van der Waals surface area contributed by atoms with Crippen LogP contribution in [0.4, 0.5) is 0 Å². The minimum Gasteiger partial charge on any atom is -0.341 e. The highest BCUT2D eigenvalue weighted by atomic mass is 31.2. The van der Waals surface area contributed by atoms with E-state index in [2.05, 4.69) is 6.92 Å². The normalized spacial score (nSPS) is 16.4. The second-order valence-corrected chi connectivity index (χ2v) is 7.01. The summed E-state index contributed by atoms with van der Waals surface area (Å²) < 4.78 is 12.5. The largest absolute Gasteiger partial charge is 0.341 e. The van der Waals surface area contributed by atoms with E-state index in [0.29, 0.717) is 5.30 Å². The summed E-state index contributed by atoms with van der Waals surface area (Å²) in [7, 11) is -3.20. The minimum atomic E-state index is -3.20. The number of benzene rings is 1. The van der Waals surface area contributed by atoms with Crippen molar-refractivity contribution in [3.05, 3.63) is 30.3 Å². The first-order chi connectivity index (χ1) is 8.12. The van der Waals surface area contributed by atoms with Gasteiger partial charge < -0.3 is 4.89 Å².